The van der Waals surface area contributed by atoms with Crippen LogP contribution in [0.4, 0.5) is 0 Å². The molecule has 130 valence electrons. The maximum Gasteiger partial charge on any atom is 0.268 e. The molecule has 0 aliphatic carbocycles. The third-order valence-corrected chi connectivity index (χ3v) is 3.83. The van der Waals surface area contributed by atoms with Gasteiger partial charge in [0, 0.05) is 17.6 Å². The molecular formula is C18H19N3O4. The Morgan fingerprint density at radius 1 is 1.12 bits per heavy atom. The number of nitrogens with one attached hydrogen (secondary N) is 2. The molecule has 2 N–H and O–H groups in total. The molecule has 0 unspecified atom stereocenters. The molecule has 0 fully saturated rings. The van der Waals surface area contributed by atoms with Gasteiger partial charge < -0.3 is 24.5 Å². The molecular weight excluding hydrogens is 322 g/mol. The van der Waals surface area contributed by atoms with Gasteiger partial charge in [0.25, 0.3) is 5.91 Å². The average molecular weight is 341 g/mol. The molecule has 1 amide bonds. The van der Waals surface area contributed by atoms with Crippen molar-refractivity contribution >= 4 is 16.8 Å². The first-order valence-electron chi connectivity index (χ1n) is 7.67. The molecule has 3 aromatic rings. The molecule has 7 nitrogen and oxygen atoms in total. The van der Waals surface area contributed by atoms with E-state index in [1.54, 1.807) is 39.7 Å². The van der Waals surface area contributed by atoms with Crippen LogP contribution < -0.4 is 19.5 Å². The van der Waals surface area contributed by atoms with E-state index < -0.39 is 0 Å². The second-order valence-electron chi connectivity index (χ2n) is 5.29. The SMILES string of the molecule is COc1cc2[nH]c(C(=O)NCc3ccccn3)cc2c(OC)c1OC. The number of carbonyl (C=O) groups excluding carboxylic acids is 1. The van der Waals surface area contributed by atoms with Crippen LogP contribution in [0.15, 0.2) is 36.5 Å². The maximum atomic E-state index is 12.4. The number of fused-ring (bicyclic) bond motifs is 1. The Balaban J connectivity index is 1.91. The number of rotatable bonds is 6. The molecule has 2 aromatic heterocycles. The molecule has 0 spiro atoms. The Bertz CT molecular complexity index is 890. The fraction of sp³-hybridized carbons (Fsp3) is 0.222. The summed E-state index contributed by atoms with van der Waals surface area (Å²) < 4.78 is 16.1. The second-order valence-corrected chi connectivity index (χ2v) is 5.29. The number of pyridine rings is 1. The lowest BCUT2D eigenvalue weighted by molar-refractivity contribution is 0.0946. The minimum atomic E-state index is -0.234. The Labute approximate surface area is 144 Å². The van der Waals surface area contributed by atoms with Gasteiger partial charge in [0.05, 0.1) is 39.1 Å². The topological polar surface area (TPSA) is 85.5 Å². The number of ether oxygens (including phenoxy) is 3. The number of hydrogen-bond acceptors (Lipinski definition) is 5. The van der Waals surface area contributed by atoms with E-state index in [4.69, 9.17) is 14.2 Å². The van der Waals surface area contributed by atoms with Gasteiger partial charge in [-0.1, -0.05) is 6.07 Å². The number of nitrogens with zero attached hydrogens (tertiary/aromatic N) is 1. The van der Waals surface area contributed by atoms with Crippen LogP contribution in [0.5, 0.6) is 17.2 Å². The summed E-state index contributed by atoms with van der Waals surface area (Å²) >= 11 is 0. The summed E-state index contributed by atoms with van der Waals surface area (Å²) in [5.41, 5.74) is 1.92. The number of carbonyl (C=O) groups is 1. The van der Waals surface area contributed by atoms with E-state index in [-0.39, 0.29) is 5.91 Å². The summed E-state index contributed by atoms with van der Waals surface area (Å²) in [5.74, 6) is 1.28. The smallest absolute Gasteiger partial charge is 0.268 e. The number of aromatic amines is 1. The Morgan fingerprint density at radius 2 is 1.92 bits per heavy atom. The summed E-state index contributed by atoms with van der Waals surface area (Å²) in [7, 11) is 4.64. The van der Waals surface area contributed by atoms with Gasteiger partial charge in [-0.05, 0) is 18.2 Å². The van der Waals surface area contributed by atoms with E-state index in [0.717, 1.165) is 16.6 Å². The van der Waals surface area contributed by atoms with Crippen molar-refractivity contribution < 1.29 is 19.0 Å². The van der Waals surface area contributed by atoms with E-state index in [9.17, 15) is 4.79 Å². The largest absolute Gasteiger partial charge is 0.493 e. The number of H-pyrrole nitrogens is 1. The van der Waals surface area contributed by atoms with Crippen molar-refractivity contribution in [3.05, 3.63) is 47.9 Å². The van der Waals surface area contributed by atoms with Crippen LogP contribution in [0.25, 0.3) is 10.9 Å². The zero-order chi connectivity index (χ0) is 17.8. The van der Waals surface area contributed by atoms with Crippen molar-refractivity contribution in [2.75, 3.05) is 21.3 Å². The summed E-state index contributed by atoms with van der Waals surface area (Å²) in [6.45, 7) is 0.346. The number of hydrogen-bond donors (Lipinski definition) is 2. The van der Waals surface area contributed by atoms with Crippen molar-refractivity contribution in [3.63, 3.8) is 0 Å². The van der Waals surface area contributed by atoms with E-state index in [1.807, 2.05) is 18.2 Å². The van der Waals surface area contributed by atoms with Gasteiger partial charge in [-0.3, -0.25) is 9.78 Å². The molecule has 25 heavy (non-hydrogen) atoms. The lowest BCUT2D eigenvalue weighted by atomic mass is 10.2. The Morgan fingerprint density at radius 3 is 2.56 bits per heavy atom. The highest BCUT2D eigenvalue weighted by Crippen LogP contribution is 2.43. The highest BCUT2D eigenvalue weighted by Gasteiger charge is 2.19. The zero-order valence-electron chi connectivity index (χ0n) is 14.3. The number of benzene rings is 1. The summed E-state index contributed by atoms with van der Waals surface area (Å²) in [5, 5.41) is 3.57. The van der Waals surface area contributed by atoms with Gasteiger partial charge in [0.1, 0.15) is 5.69 Å². The van der Waals surface area contributed by atoms with Crippen LogP contribution in [0.2, 0.25) is 0 Å². The van der Waals surface area contributed by atoms with E-state index >= 15 is 0 Å². The quantitative estimate of drug-likeness (QED) is 0.719. The highest BCUT2D eigenvalue weighted by molar-refractivity contribution is 6.01. The zero-order valence-corrected chi connectivity index (χ0v) is 14.3. The van der Waals surface area contributed by atoms with Gasteiger partial charge in [-0.15, -0.1) is 0 Å². The maximum absolute atomic E-state index is 12.4. The molecule has 0 aliphatic heterocycles. The Kier molecular flexibility index (Phi) is 4.74. The summed E-state index contributed by atoms with van der Waals surface area (Å²) in [6.07, 6.45) is 1.69. The van der Waals surface area contributed by atoms with Gasteiger partial charge in [-0.2, -0.15) is 0 Å². The first-order chi connectivity index (χ1) is 12.2. The normalized spacial score (nSPS) is 10.5. The van der Waals surface area contributed by atoms with Crippen LogP contribution in [-0.4, -0.2) is 37.2 Å². The van der Waals surface area contributed by atoms with Gasteiger partial charge in [0.15, 0.2) is 11.5 Å². The highest BCUT2D eigenvalue weighted by atomic mass is 16.5. The Hall–Kier alpha value is -3.22. The van der Waals surface area contributed by atoms with Gasteiger partial charge in [0.2, 0.25) is 5.75 Å². The van der Waals surface area contributed by atoms with Crippen LogP contribution >= 0.6 is 0 Å². The van der Waals surface area contributed by atoms with Crippen LogP contribution in [0, 0.1) is 0 Å². The molecule has 3 rings (SSSR count). The minimum Gasteiger partial charge on any atom is -0.493 e. The van der Waals surface area contributed by atoms with Crippen LogP contribution in [0.1, 0.15) is 16.2 Å². The molecule has 0 atom stereocenters. The third-order valence-electron chi connectivity index (χ3n) is 3.83. The predicted octanol–water partition coefficient (Wildman–Crippen LogP) is 2.52. The lowest BCUT2D eigenvalue weighted by Gasteiger charge is -2.12. The molecule has 0 saturated carbocycles. The summed E-state index contributed by atoms with van der Waals surface area (Å²) in [4.78, 5) is 19.7. The van der Waals surface area contributed by atoms with Crippen molar-refractivity contribution in [2.24, 2.45) is 0 Å². The first kappa shape index (κ1) is 16.6. The summed E-state index contributed by atoms with van der Waals surface area (Å²) in [6, 6.07) is 9.05. The molecule has 0 saturated heterocycles. The fourth-order valence-corrected chi connectivity index (χ4v) is 2.64. The number of aromatic nitrogens is 2. The molecule has 0 bridgehead atoms. The average Bonchev–Trinajstić information content (AvgIpc) is 3.09. The lowest BCUT2D eigenvalue weighted by Crippen LogP contribution is -2.23. The van der Waals surface area contributed by atoms with Crippen LogP contribution in [0.3, 0.4) is 0 Å². The van der Waals surface area contributed by atoms with Crippen molar-refractivity contribution in [1.82, 2.24) is 15.3 Å². The molecule has 1 aromatic carbocycles. The monoisotopic (exact) mass is 341 g/mol. The van der Waals surface area contributed by atoms with E-state index in [2.05, 4.69) is 15.3 Å². The number of amides is 1. The van der Waals surface area contributed by atoms with Crippen molar-refractivity contribution in [3.8, 4) is 17.2 Å². The van der Waals surface area contributed by atoms with E-state index in [1.165, 1.54) is 0 Å². The first-order valence-corrected chi connectivity index (χ1v) is 7.67. The molecule has 0 aliphatic rings. The van der Waals surface area contributed by atoms with Crippen molar-refractivity contribution in [2.45, 2.75) is 6.54 Å². The van der Waals surface area contributed by atoms with Crippen molar-refractivity contribution in [1.29, 1.82) is 0 Å². The second kappa shape index (κ2) is 7.12. The molecule has 2 heterocycles. The molecule has 0 radical (unpaired) electrons. The predicted molar refractivity (Wildman–Crippen MR) is 93.4 cm³/mol. The van der Waals surface area contributed by atoms with E-state index in [0.29, 0.717) is 29.5 Å². The van der Waals surface area contributed by atoms with Gasteiger partial charge in [-0.25, -0.2) is 0 Å². The van der Waals surface area contributed by atoms with Crippen LogP contribution in [-0.2, 0) is 6.54 Å². The third kappa shape index (κ3) is 3.21. The van der Waals surface area contributed by atoms with Gasteiger partial charge >= 0.3 is 0 Å². The fourth-order valence-electron chi connectivity index (χ4n) is 2.64. The standard InChI is InChI=1S/C18H19N3O4/c1-23-15-9-13-12(16(24-2)17(15)25-3)8-14(21-13)18(22)20-10-11-6-4-5-7-19-11/h4-9,21H,10H2,1-3H3,(H,20,22). The number of methoxy groups -OCH3 is 3. The minimum absolute atomic E-state index is 0.234. The molecule has 7 heteroatoms.